The maximum absolute atomic E-state index is 12.6. The van der Waals surface area contributed by atoms with Gasteiger partial charge in [0.1, 0.15) is 0 Å². The van der Waals surface area contributed by atoms with Crippen molar-refractivity contribution in [2.75, 3.05) is 37.1 Å². The van der Waals surface area contributed by atoms with Crippen LogP contribution in [0.2, 0.25) is 4.94 Å². The van der Waals surface area contributed by atoms with E-state index in [1.54, 1.807) is 0 Å². The van der Waals surface area contributed by atoms with Crippen molar-refractivity contribution in [3.63, 3.8) is 0 Å². The van der Waals surface area contributed by atoms with Crippen LogP contribution in [0.15, 0.2) is 0 Å². The van der Waals surface area contributed by atoms with Crippen LogP contribution in [-0.4, -0.2) is 69.2 Å². The van der Waals surface area contributed by atoms with Gasteiger partial charge in [0.2, 0.25) is 0 Å². The van der Waals surface area contributed by atoms with Crippen molar-refractivity contribution in [3.05, 3.63) is 0 Å². The molecule has 0 aliphatic heterocycles. The van der Waals surface area contributed by atoms with E-state index in [-0.39, 0.29) is 17.9 Å². The van der Waals surface area contributed by atoms with Crippen LogP contribution in [0.1, 0.15) is 329 Å². The van der Waals surface area contributed by atoms with Crippen molar-refractivity contribution in [1.29, 1.82) is 0 Å². The van der Waals surface area contributed by atoms with E-state index in [4.69, 9.17) is 14.2 Å². The van der Waals surface area contributed by atoms with Gasteiger partial charge in [-0.05, 0) is 0 Å². The van der Waals surface area contributed by atoms with E-state index >= 15 is 0 Å². The van der Waals surface area contributed by atoms with Crippen LogP contribution in [0.4, 0.5) is 0 Å². The second-order valence-corrected chi connectivity index (χ2v) is 57.2. The number of rotatable bonds is 60. The smallest absolute Gasteiger partial charge is 0.0654 e. The predicted octanol–water partition coefficient (Wildman–Crippen LogP) is 21.2. The third-order valence-corrected chi connectivity index (χ3v) is 49.7. The number of ether oxygens (including phenoxy) is 3. The Hall–Kier alpha value is 0.259. The molecule has 6 nitrogen and oxygen atoms in total. The zero-order chi connectivity index (χ0) is 51.7. The van der Waals surface area contributed by atoms with Crippen LogP contribution in [0, 0.1) is 0 Å². The fourth-order valence-electron chi connectivity index (χ4n) is 9.41. The monoisotopic (exact) mass is 1160 g/mol. The second kappa shape index (κ2) is 59.5. The topological polar surface area (TPSA) is 78.9 Å². The summed E-state index contributed by atoms with van der Waals surface area (Å²) in [4.78, 5) is 40.1. The number of unbranched alkanes of at least 4 members (excludes halogenated alkanes) is 42. The van der Waals surface area contributed by atoms with Crippen LogP contribution in [0.5, 0.6) is 0 Å². The summed E-state index contributed by atoms with van der Waals surface area (Å²) in [6.07, 6.45) is 60.8. The van der Waals surface area contributed by atoms with Gasteiger partial charge in [-0.2, -0.15) is 0 Å². The van der Waals surface area contributed by atoms with Crippen LogP contribution in [-0.2, 0) is 28.6 Å². The molecule has 0 aliphatic carbocycles. The molecule has 0 saturated carbocycles. The molecule has 0 saturated heterocycles. The van der Waals surface area contributed by atoms with Crippen LogP contribution < -0.4 is 0 Å². The van der Waals surface area contributed by atoms with Crippen molar-refractivity contribution < 1.29 is 28.6 Å². The van der Waals surface area contributed by atoms with Gasteiger partial charge in [-0.25, -0.2) is 0 Å². The van der Waals surface area contributed by atoms with Crippen LogP contribution in [0.3, 0.4) is 0 Å². The van der Waals surface area contributed by atoms with Gasteiger partial charge in [0.15, 0.2) is 0 Å². The second-order valence-electron chi connectivity index (χ2n) is 21.2. The van der Waals surface area contributed by atoms with Crippen LogP contribution in [0.25, 0.3) is 0 Å². The molecule has 0 rings (SSSR count). The summed E-state index contributed by atoms with van der Waals surface area (Å²) in [7, 11) is 5.93. The van der Waals surface area contributed by atoms with Gasteiger partial charge in [0.05, 0.1) is 0 Å². The summed E-state index contributed by atoms with van der Waals surface area (Å²) in [6.45, 7) is 8.18. The first-order valence-corrected chi connectivity index (χ1v) is 47.5. The standard InChI is InChI=1S/3C20H40O2S.CH3.Sn/c3*1-2-3-4-5-6-7-8-9-10-11-12-13-14-15-16-17-20(21)22-18-19-23;;/h3*23H,2-19H2,1H3;1H3;/q;;;;+3/p-3. The minimum Gasteiger partial charge on any atom is -0.0654 e. The molecule has 0 aliphatic rings. The molecule has 0 N–H and O–H groups in total. The molecule has 0 unspecified atom stereocenters. The Balaban J connectivity index is 4.36. The van der Waals surface area contributed by atoms with Gasteiger partial charge >= 0.3 is 264 Å². The summed E-state index contributed by atoms with van der Waals surface area (Å²) < 4.78 is 17.1. The third-order valence-electron chi connectivity index (χ3n) is 14.1. The van der Waals surface area contributed by atoms with Crippen molar-refractivity contribution in [2.24, 2.45) is 0 Å². The van der Waals surface area contributed by atoms with Gasteiger partial charge in [-0.15, -0.1) is 0 Å². The Kier molecular flexibility index (Phi) is 59.7. The first kappa shape index (κ1) is 71.3. The summed E-state index contributed by atoms with van der Waals surface area (Å²) in [5.74, 6) is 2.15. The van der Waals surface area contributed by atoms with Gasteiger partial charge in [0.25, 0.3) is 0 Å². The Labute approximate surface area is 455 Å². The first-order chi connectivity index (χ1) is 34.9. The molecule has 71 heavy (non-hydrogen) atoms. The number of carbonyl (C=O) groups excluding carboxylic acids is 3. The molecule has 422 valence electrons. The Bertz CT molecular complexity index is 983. The molecule has 0 amide bonds. The average Bonchev–Trinajstić information content (AvgIpc) is 3.36. The van der Waals surface area contributed by atoms with E-state index in [0.717, 1.165) is 55.8 Å². The van der Waals surface area contributed by atoms with Crippen molar-refractivity contribution in [2.45, 2.75) is 334 Å². The van der Waals surface area contributed by atoms with Crippen LogP contribution >= 0.6 is 26.8 Å². The van der Waals surface area contributed by atoms with E-state index in [2.05, 4.69) is 25.7 Å². The van der Waals surface area contributed by atoms with Crippen molar-refractivity contribution >= 4 is 59.0 Å². The quantitative estimate of drug-likeness (QED) is 0.0256. The number of hydrogen-bond acceptors (Lipinski definition) is 9. The predicted molar refractivity (Wildman–Crippen MR) is 321 cm³/mol. The molecule has 0 atom stereocenters. The fourth-order valence-corrected chi connectivity index (χ4v) is 40.2. The molecule has 10 heteroatoms. The minimum atomic E-state index is -2.87. The fraction of sp³-hybridized carbons (Fsp3) is 0.951. The molecule has 0 bridgehead atoms. The summed E-state index contributed by atoms with van der Waals surface area (Å²) in [5, 5.41) is 0. The molecular weight excluding hydrogens is 1040 g/mol. The summed E-state index contributed by atoms with van der Waals surface area (Å²) in [5.41, 5.74) is 0. The maximum atomic E-state index is 12.6. The molecule has 0 aromatic rings. The minimum absolute atomic E-state index is 0.0699. The number of hydrogen-bond donors (Lipinski definition) is 0. The van der Waals surface area contributed by atoms with Crippen molar-refractivity contribution in [1.82, 2.24) is 0 Å². The molecule has 0 fully saturated rings. The first-order valence-electron chi connectivity index (χ1n) is 31.3. The summed E-state index contributed by atoms with van der Waals surface area (Å²) >= 11 is -2.87. The van der Waals surface area contributed by atoms with Gasteiger partial charge in [-0.1, -0.05) is 194 Å². The Morgan fingerprint density at radius 1 is 0.268 bits per heavy atom. The SMILES string of the molecule is CCCCCCCCCCCCCCCCCC(=O)OCC[S][Sn]([CH3])([S]CCOC(=O)CCCCCCCCCCCCCCCCC)[S]CCOC(=O)CCCCCCCCCCCCCCCCC. The van der Waals surface area contributed by atoms with Gasteiger partial charge in [-0.3, -0.25) is 0 Å². The zero-order valence-corrected chi connectivity index (χ0v) is 53.2. The molecule has 0 radical (unpaired) electrons. The van der Waals surface area contributed by atoms with E-state index in [1.165, 1.54) is 250 Å². The van der Waals surface area contributed by atoms with E-state index in [1.807, 2.05) is 26.8 Å². The van der Waals surface area contributed by atoms with Gasteiger partial charge < -0.3 is 0 Å². The molecule has 0 aromatic heterocycles. The zero-order valence-electron chi connectivity index (χ0n) is 47.9. The molecule has 0 spiro atoms. The third kappa shape index (κ3) is 57.8. The summed E-state index contributed by atoms with van der Waals surface area (Å²) in [6, 6.07) is 0. The Morgan fingerprint density at radius 2 is 0.423 bits per heavy atom. The molecule has 0 aromatic carbocycles. The van der Waals surface area contributed by atoms with E-state index in [0.29, 0.717) is 39.1 Å². The number of carbonyl (C=O) groups is 3. The normalized spacial score (nSPS) is 11.7. The van der Waals surface area contributed by atoms with E-state index in [9.17, 15) is 14.4 Å². The number of esters is 3. The van der Waals surface area contributed by atoms with Gasteiger partial charge in [0, 0.05) is 0 Å². The van der Waals surface area contributed by atoms with Crippen molar-refractivity contribution in [3.8, 4) is 0 Å². The average molecular weight is 1160 g/mol. The molecular formula is C61H120O6S3Sn. The molecule has 0 heterocycles. The van der Waals surface area contributed by atoms with E-state index < -0.39 is 14.2 Å². The Morgan fingerprint density at radius 3 is 0.592 bits per heavy atom.